The molecule has 2 atom stereocenters. The van der Waals surface area contributed by atoms with Gasteiger partial charge in [0.25, 0.3) is 5.91 Å². The fraction of sp³-hybridized carbons (Fsp3) is 0.289. The monoisotopic (exact) mass is 570 g/mol. The molecule has 0 radical (unpaired) electrons. The number of carbonyl (C=O) groups excluding carboxylic acids is 1. The fourth-order valence-electron chi connectivity index (χ4n) is 5.93. The van der Waals surface area contributed by atoms with Crippen LogP contribution in [0.5, 0.6) is 0 Å². The molecule has 0 saturated heterocycles. The number of rotatable bonds is 7. The van der Waals surface area contributed by atoms with Gasteiger partial charge in [0.05, 0.1) is 17.3 Å². The molecule has 0 bridgehead atoms. The van der Waals surface area contributed by atoms with Crippen molar-refractivity contribution in [2.24, 2.45) is 0 Å². The van der Waals surface area contributed by atoms with Crippen molar-refractivity contribution in [3.63, 3.8) is 0 Å². The average molecular weight is 571 g/mol. The second-order valence-electron chi connectivity index (χ2n) is 11.4. The molecule has 2 aromatic heterocycles. The normalized spacial score (nSPS) is 16.0. The van der Waals surface area contributed by atoms with Crippen LogP contribution in [0.15, 0.2) is 116 Å². The van der Waals surface area contributed by atoms with E-state index in [9.17, 15) is 4.79 Å². The number of aromatic nitrogens is 3. The number of aryl methyl sites for hydroxylation is 2. The second kappa shape index (κ2) is 14.6. The smallest absolute Gasteiger partial charge is 0.255 e. The van der Waals surface area contributed by atoms with E-state index in [0.29, 0.717) is 18.7 Å². The third-order valence-electron chi connectivity index (χ3n) is 8.33. The summed E-state index contributed by atoms with van der Waals surface area (Å²) in [4.78, 5) is 25.0. The van der Waals surface area contributed by atoms with Crippen LogP contribution in [0.3, 0.4) is 0 Å². The Bertz CT molecular complexity index is 1570. The molecule has 1 aliphatic heterocycles. The second-order valence-corrected chi connectivity index (χ2v) is 11.4. The van der Waals surface area contributed by atoms with Crippen LogP contribution in [-0.4, -0.2) is 38.4 Å². The standard InChI is InChI=1S/C31H34N4O.C7H8/c1-3-26-21-34(31(36)27-15-10-18-32-20-27)22-28(17-16-24-11-6-4-7-12-24)35-23(2)29(33-30(26)35)19-25-13-8-5-9-14-25;1-7-5-3-2-4-6-7/h4-15,18,20,26,28H,3,16-17,19,21-22H2,1-2H3;2-6H,1H3. The van der Waals surface area contributed by atoms with Crippen LogP contribution in [0.1, 0.15) is 76.0 Å². The summed E-state index contributed by atoms with van der Waals surface area (Å²) in [5, 5.41) is 0. The number of pyridine rings is 1. The highest BCUT2D eigenvalue weighted by atomic mass is 16.2. The average Bonchev–Trinajstić information content (AvgIpc) is 3.27. The fourth-order valence-corrected chi connectivity index (χ4v) is 5.93. The van der Waals surface area contributed by atoms with Crippen LogP contribution in [0.25, 0.3) is 0 Å². The molecular weight excluding hydrogens is 528 g/mol. The van der Waals surface area contributed by atoms with E-state index in [-0.39, 0.29) is 17.9 Å². The quantitative estimate of drug-likeness (QED) is 0.199. The van der Waals surface area contributed by atoms with E-state index in [2.05, 4.69) is 103 Å². The molecule has 1 aliphatic rings. The lowest BCUT2D eigenvalue weighted by Gasteiger charge is -2.27. The summed E-state index contributed by atoms with van der Waals surface area (Å²) in [5.74, 6) is 1.37. The Labute approximate surface area is 256 Å². The Kier molecular flexibility index (Phi) is 10.2. The molecule has 0 spiro atoms. The van der Waals surface area contributed by atoms with Crippen LogP contribution in [0.2, 0.25) is 0 Å². The van der Waals surface area contributed by atoms with E-state index in [1.54, 1.807) is 12.4 Å². The van der Waals surface area contributed by atoms with Crippen molar-refractivity contribution >= 4 is 5.91 Å². The van der Waals surface area contributed by atoms with Gasteiger partial charge < -0.3 is 9.47 Å². The Balaban J connectivity index is 0.000000463. The van der Waals surface area contributed by atoms with E-state index < -0.39 is 0 Å². The number of benzene rings is 3. The van der Waals surface area contributed by atoms with Gasteiger partial charge in [-0.05, 0) is 56.4 Å². The first-order valence-electron chi connectivity index (χ1n) is 15.4. The van der Waals surface area contributed by atoms with E-state index in [1.165, 1.54) is 22.4 Å². The Hall–Kier alpha value is -4.51. The number of hydrogen-bond donors (Lipinski definition) is 0. The van der Waals surface area contributed by atoms with Crippen LogP contribution in [0.4, 0.5) is 0 Å². The van der Waals surface area contributed by atoms with Crippen molar-refractivity contribution < 1.29 is 4.79 Å². The van der Waals surface area contributed by atoms with Crippen molar-refractivity contribution in [1.82, 2.24) is 19.4 Å². The Morgan fingerprint density at radius 1 is 0.814 bits per heavy atom. The van der Waals surface area contributed by atoms with E-state index in [0.717, 1.165) is 37.2 Å². The molecule has 0 fully saturated rings. The molecule has 0 N–H and O–H groups in total. The maximum Gasteiger partial charge on any atom is 0.255 e. The van der Waals surface area contributed by atoms with Gasteiger partial charge in [-0.1, -0.05) is 103 Å². The molecule has 5 nitrogen and oxygen atoms in total. The van der Waals surface area contributed by atoms with Crippen molar-refractivity contribution in [2.45, 2.75) is 58.4 Å². The van der Waals surface area contributed by atoms with E-state index in [4.69, 9.17) is 4.98 Å². The lowest BCUT2D eigenvalue weighted by Crippen LogP contribution is -2.36. The topological polar surface area (TPSA) is 51.0 Å². The first-order valence-corrected chi connectivity index (χ1v) is 15.4. The third kappa shape index (κ3) is 7.66. The summed E-state index contributed by atoms with van der Waals surface area (Å²) < 4.78 is 2.46. The molecule has 3 aromatic carbocycles. The molecule has 2 unspecified atom stereocenters. The zero-order chi connectivity index (χ0) is 30.0. The summed E-state index contributed by atoms with van der Waals surface area (Å²) in [6, 6.07) is 35.3. The molecule has 0 saturated carbocycles. The maximum atomic E-state index is 13.6. The number of amides is 1. The molecule has 1 amide bonds. The first kappa shape index (κ1) is 30.0. The van der Waals surface area contributed by atoms with Gasteiger partial charge in [-0.15, -0.1) is 0 Å². The zero-order valence-electron chi connectivity index (χ0n) is 25.6. The number of fused-ring (bicyclic) bond motifs is 1. The first-order chi connectivity index (χ1) is 21.0. The predicted octanol–water partition coefficient (Wildman–Crippen LogP) is 8.00. The van der Waals surface area contributed by atoms with Gasteiger partial charge in [-0.3, -0.25) is 9.78 Å². The van der Waals surface area contributed by atoms with Crippen molar-refractivity contribution in [2.75, 3.05) is 13.1 Å². The summed E-state index contributed by atoms with van der Waals surface area (Å²) in [6.07, 6.45) is 7.06. The molecule has 5 aromatic rings. The SMILES string of the molecule is CCC1CN(C(=O)c2cccnc2)CC(CCc2ccccc2)n2c1nc(Cc1ccccc1)c2C.Cc1ccccc1. The highest BCUT2D eigenvalue weighted by molar-refractivity contribution is 5.94. The van der Waals surface area contributed by atoms with Crippen LogP contribution < -0.4 is 0 Å². The molecule has 3 heterocycles. The minimum atomic E-state index is 0.0548. The van der Waals surface area contributed by atoms with Crippen LogP contribution >= 0.6 is 0 Å². The molecule has 5 heteroatoms. The number of hydrogen-bond acceptors (Lipinski definition) is 3. The number of imidazole rings is 1. The number of carbonyl (C=O) groups is 1. The lowest BCUT2D eigenvalue weighted by atomic mass is 10.0. The van der Waals surface area contributed by atoms with Crippen molar-refractivity contribution in [1.29, 1.82) is 0 Å². The van der Waals surface area contributed by atoms with Crippen molar-refractivity contribution in [3.05, 3.63) is 155 Å². The Morgan fingerprint density at radius 2 is 1.47 bits per heavy atom. The zero-order valence-corrected chi connectivity index (χ0v) is 25.6. The minimum absolute atomic E-state index is 0.0548. The third-order valence-corrected chi connectivity index (χ3v) is 8.33. The molecule has 43 heavy (non-hydrogen) atoms. The highest BCUT2D eigenvalue weighted by Crippen LogP contribution is 2.34. The summed E-state index contributed by atoms with van der Waals surface area (Å²) in [6.45, 7) is 7.84. The molecule has 220 valence electrons. The van der Waals surface area contributed by atoms with Crippen LogP contribution in [0, 0.1) is 13.8 Å². The largest absolute Gasteiger partial charge is 0.336 e. The molecular formula is C38H42N4O. The van der Waals surface area contributed by atoms with Gasteiger partial charge in [0.2, 0.25) is 0 Å². The summed E-state index contributed by atoms with van der Waals surface area (Å²) in [7, 11) is 0. The van der Waals surface area contributed by atoms with Gasteiger partial charge >= 0.3 is 0 Å². The van der Waals surface area contributed by atoms with Gasteiger partial charge in [-0.2, -0.15) is 0 Å². The van der Waals surface area contributed by atoms with Crippen LogP contribution in [-0.2, 0) is 12.8 Å². The summed E-state index contributed by atoms with van der Waals surface area (Å²) in [5.41, 5.74) is 6.93. The van der Waals surface area contributed by atoms with Gasteiger partial charge in [0, 0.05) is 43.5 Å². The maximum absolute atomic E-state index is 13.6. The van der Waals surface area contributed by atoms with E-state index >= 15 is 0 Å². The molecule has 0 aliphatic carbocycles. The van der Waals surface area contributed by atoms with E-state index in [1.807, 2.05) is 35.2 Å². The summed E-state index contributed by atoms with van der Waals surface area (Å²) >= 11 is 0. The van der Waals surface area contributed by atoms with Gasteiger partial charge in [0.15, 0.2) is 0 Å². The predicted molar refractivity (Wildman–Crippen MR) is 174 cm³/mol. The molecule has 6 rings (SSSR count). The highest BCUT2D eigenvalue weighted by Gasteiger charge is 2.34. The van der Waals surface area contributed by atoms with Crippen molar-refractivity contribution in [3.8, 4) is 0 Å². The number of nitrogens with zero attached hydrogens (tertiary/aromatic N) is 4. The van der Waals surface area contributed by atoms with Gasteiger partial charge in [-0.25, -0.2) is 4.98 Å². The van der Waals surface area contributed by atoms with Gasteiger partial charge in [0.1, 0.15) is 5.82 Å². The Morgan fingerprint density at radius 3 is 2.05 bits per heavy atom. The minimum Gasteiger partial charge on any atom is -0.336 e. The lowest BCUT2D eigenvalue weighted by molar-refractivity contribution is 0.0729.